The van der Waals surface area contributed by atoms with Gasteiger partial charge >= 0.3 is 0 Å². The van der Waals surface area contributed by atoms with Crippen molar-refractivity contribution < 1.29 is 19.0 Å². The highest BCUT2D eigenvalue weighted by Crippen LogP contribution is 2.37. The molecular formula is C28H21N3O5S2. The smallest absolute Gasteiger partial charge is 0.269 e. The lowest BCUT2D eigenvalue weighted by molar-refractivity contribution is -0.122. The molecule has 0 aliphatic carbocycles. The van der Waals surface area contributed by atoms with Gasteiger partial charge in [-0.25, -0.2) is 0 Å². The van der Waals surface area contributed by atoms with E-state index >= 15 is 0 Å². The van der Waals surface area contributed by atoms with Crippen LogP contribution in [-0.4, -0.2) is 31.3 Å². The van der Waals surface area contributed by atoms with E-state index in [0.29, 0.717) is 32.1 Å². The third-order valence-electron chi connectivity index (χ3n) is 6.20. The van der Waals surface area contributed by atoms with Crippen molar-refractivity contribution in [3.05, 3.63) is 98.3 Å². The van der Waals surface area contributed by atoms with Crippen LogP contribution >= 0.6 is 24.0 Å². The summed E-state index contributed by atoms with van der Waals surface area (Å²) in [5.41, 5.74) is 3.09. The van der Waals surface area contributed by atoms with Gasteiger partial charge < -0.3 is 14.2 Å². The molecule has 8 nitrogen and oxygen atoms in total. The van der Waals surface area contributed by atoms with Crippen LogP contribution in [0.5, 0.6) is 23.1 Å². The molecule has 0 radical (unpaired) electrons. The van der Waals surface area contributed by atoms with Crippen molar-refractivity contribution in [3.63, 3.8) is 0 Å². The fourth-order valence-electron chi connectivity index (χ4n) is 4.29. The summed E-state index contributed by atoms with van der Waals surface area (Å²) >= 11 is 6.66. The number of thiocarbonyl (C=S) groups is 1. The van der Waals surface area contributed by atoms with Gasteiger partial charge in [-0.3, -0.25) is 18.9 Å². The van der Waals surface area contributed by atoms with Crippen LogP contribution in [-0.2, 0) is 11.3 Å². The van der Waals surface area contributed by atoms with Crippen molar-refractivity contribution in [3.8, 4) is 23.1 Å². The summed E-state index contributed by atoms with van der Waals surface area (Å²) in [5, 5.41) is 0. The molecule has 2 aliphatic heterocycles. The molecule has 38 heavy (non-hydrogen) atoms. The van der Waals surface area contributed by atoms with Crippen LogP contribution in [0.3, 0.4) is 0 Å². The zero-order valence-corrected chi connectivity index (χ0v) is 22.1. The molecule has 2 aromatic carbocycles. The molecule has 2 aromatic heterocycles. The number of amides is 1. The normalized spacial score (nSPS) is 15.6. The highest BCUT2D eigenvalue weighted by molar-refractivity contribution is 8.26. The largest absolute Gasteiger partial charge is 0.454 e. The second-order valence-electron chi connectivity index (χ2n) is 8.89. The zero-order chi connectivity index (χ0) is 26.4. The number of hydrogen-bond donors (Lipinski definition) is 0. The van der Waals surface area contributed by atoms with Gasteiger partial charge in [-0.2, -0.15) is 4.98 Å². The quantitative estimate of drug-likeness (QED) is 0.250. The summed E-state index contributed by atoms with van der Waals surface area (Å²) in [6.07, 6.45) is 3.15. The Hall–Kier alpha value is -4.15. The fourth-order valence-corrected chi connectivity index (χ4v) is 5.53. The monoisotopic (exact) mass is 543 g/mol. The number of carbonyl (C=O) groups excluding carboxylic acids is 1. The van der Waals surface area contributed by atoms with Gasteiger partial charge in [-0.1, -0.05) is 53.8 Å². The first-order chi connectivity index (χ1) is 18.4. The summed E-state index contributed by atoms with van der Waals surface area (Å²) in [7, 11) is 0. The van der Waals surface area contributed by atoms with Crippen molar-refractivity contribution >= 4 is 45.9 Å². The minimum absolute atomic E-state index is 0.120. The summed E-state index contributed by atoms with van der Waals surface area (Å²) < 4.78 is 18.8. The third kappa shape index (κ3) is 4.42. The lowest BCUT2D eigenvalue weighted by Gasteiger charge is -2.15. The SMILES string of the molecule is Cc1ccc(Oc2nc3ccccn3c(=O)c2/C=C2/SC(=S)N(Cc3ccc4c(c3)OCO4)C2=O)c(C)c1. The van der Waals surface area contributed by atoms with E-state index in [9.17, 15) is 9.59 Å². The molecule has 4 aromatic rings. The molecule has 1 amide bonds. The number of aromatic nitrogens is 2. The van der Waals surface area contributed by atoms with E-state index < -0.39 is 0 Å². The highest BCUT2D eigenvalue weighted by Gasteiger charge is 2.33. The predicted octanol–water partition coefficient (Wildman–Crippen LogP) is 5.23. The number of aryl methyl sites for hydroxylation is 2. The molecule has 0 atom stereocenters. The number of fused-ring (bicyclic) bond motifs is 2. The Morgan fingerprint density at radius 3 is 2.76 bits per heavy atom. The molecule has 2 aliphatic rings. The first-order valence-electron chi connectivity index (χ1n) is 11.8. The maximum atomic E-state index is 13.5. The van der Waals surface area contributed by atoms with Crippen LogP contribution in [0, 0.1) is 13.8 Å². The summed E-state index contributed by atoms with van der Waals surface area (Å²) in [6, 6.07) is 16.5. The molecular weight excluding hydrogens is 522 g/mol. The summed E-state index contributed by atoms with van der Waals surface area (Å²) in [5.74, 6) is 1.70. The van der Waals surface area contributed by atoms with E-state index in [4.69, 9.17) is 26.4 Å². The third-order valence-corrected chi connectivity index (χ3v) is 7.58. The Morgan fingerprint density at radius 2 is 1.92 bits per heavy atom. The second kappa shape index (κ2) is 9.62. The Morgan fingerprint density at radius 1 is 1.08 bits per heavy atom. The van der Waals surface area contributed by atoms with E-state index in [-0.39, 0.29) is 36.2 Å². The molecule has 6 rings (SSSR count). The molecule has 0 N–H and O–H groups in total. The number of benzene rings is 2. The maximum Gasteiger partial charge on any atom is 0.269 e. The lowest BCUT2D eigenvalue weighted by Crippen LogP contribution is -2.27. The van der Waals surface area contributed by atoms with Crippen LogP contribution in [0.15, 0.2) is 70.5 Å². The molecule has 0 spiro atoms. The first-order valence-corrected chi connectivity index (χ1v) is 13.0. The van der Waals surface area contributed by atoms with Gasteiger partial charge in [0, 0.05) is 6.20 Å². The minimum atomic E-state index is -0.351. The van der Waals surface area contributed by atoms with Crippen LogP contribution < -0.4 is 19.8 Å². The van der Waals surface area contributed by atoms with Gasteiger partial charge in [-0.15, -0.1) is 0 Å². The number of pyridine rings is 1. The Balaban J connectivity index is 1.37. The molecule has 0 unspecified atom stereocenters. The summed E-state index contributed by atoms with van der Waals surface area (Å²) in [4.78, 5) is 33.4. The number of nitrogens with zero attached hydrogens (tertiary/aromatic N) is 3. The number of ether oxygens (including phenoxy) is 3. The van der Waals surface area contributed by atoms with Crippen LogP contribution in [0.2, 0.25) is 0 Å². The lowest BCUT2D eigenvalue weighted by atomic mass is 10.1. The van der Waals surface area contributed by atoms with Crippen LogP contribution in [0.4, 0.5) is 0 Å². The topological polar surface area (TPSA) is 82.4 Å². The number of carbonyl (C=O) groups is 1. The number of thioether (sulfide) groups is 1. The molecule has 4 heterocycles. The van der Waals surface area contributed by atoms with E-state index in [1.165, 1.54) is 15.4 Å². The molecule has 190 valence electrons. The highest BCUT2D eigenvalue weighted by atomic mass is 32.2. The van der Waals surface area contributed by atoms with Crippen molar-refractivity contribution in [2.45, 2.75) is 20.4 Å². The van der Waals surface area contributed by atoms with Gasteiger partial charge in [0.25, 0.3) is 11.5 Å². The van der Waals surface area contributed by atoms with Crippen LogP contribution in [0.25, 0.3) is 11.7 Å². The van der Waals surface area contributed by atoms with E-state index in [1.54, 1.807) is 24.4 Å². The van der Waals surface area contributed by atoms with Gasteiger partial charge in [0.05, 0.1) is 11.4 Å². The average molecular weight is 544 g/mol. The van der Waals surface area contributed by atoms with Gasteiger partial charge in [0.2, 0.25) is 12.7 Å². The maximum absolute atomic E-state index is 13.5. The van der Waals surface area contributed by atoms with E-state index in [1.807, 2.05) is 50.2 Å². The Labute approximate surface area is 227 Å². The van der Waals surface area contributed by atoms with E-state index in [0.717, 1.165) is 28.5 Å². The minimum Gasteiger partial charge on any atom is -0.454 e. The number of rotatable bonds is 5. The Kier molecular flexibility index (Phi) is 6.13. The van der Waals surface area contributed by atoms with Crippen molar-refractivity contribution in [1.82, 2.24) is 14.3 Å². The van der Waals surface area contributed by atoms with Gasteiger partial charge in [0.1, 0.15) is 21.3 Å². The number of hydrogen-bond acceptors (Lipinski definition) is 8. The zero-order valence-electron chi connectivity index (χ0n) is 20.5. The molecule has 10 heteroatoms. The average Bonchev–Trinajstić information content (AvgIpc) is 3.47. The fraction of sp³-hybridized carbons (Fsp3) is 0.143. The van der Waals surface area contributed by atoms with Crippen molar-refractivity contribution in [2.24, 2.45) is 0 Å². The second-order valence-corrected chi connectivity index (χ2v) is 10.6. The Bertz CT molecular complexity index is 1730. The molecule has 0 bridgehead atoms. The molecule has 1 fully saturated rings. The first kappa shape index (κ1) is 24.2. The van der Waals surface area contributed by atoms with Crippen LogP contribution in [0.1, 0.15) is 22.3 Å². The standard InChI is InChI=1S/C28H21N3O5S2/c1-16-6-8-20(17(2)11-16)36-25-19(26(32)30-10-4-3-5-24(30)29-25)13-23-27(33)31(28(37)38-23)14-18-7-9-21-22(12-18)35-15-34-21/h3-13H,14-15H2,1-2H3/b23-13+. The summed E-state index contributed by atoms with van der Waals surface area (Å²) in [6.45, 7) is 4.36. The van der Waals surface area contributed by atoms with Gasteiger partial charge in [0.15, 0.2) is 11.5 Å². The molecule has 1 saturated heterocycles. The van der Waals surface area contributed by atoms with Gasteiger partial charge in [-0.05, 0) is 61.4 Å². The van der Waals surface area contributed by atoms with Crippen molar-refractivity contribution in [1.29, 1.82) is 0 Å². The molecule has 0 saturated carbocycles. The predicted molar refractivity (Wildman–Crippen MR) is 149 cm³/mol. The van der Waals surface area contributed by atoms with Crippen molar-refractivity contribution in [2.75, 3.05) is 6.79 Å². The van der Waals surface area contributed by atoms with E-state index in [2.05, 4.69) is 4.98 Å².